The van der Waals surface area contributed by atoms with E-state index in [-0.39, 0.29) is 5.69 Å². The van der Waals surface area contributed by atoms with Gasteiger partial charge in [-0.3, -0.25) is 0 Å². The molecule has 4 nitrogen and oxygen atoms in total. The molecule has 0 aliphatic carbocycles. The largest absolute Gasteiger partial charge is 0.477 e. The fraction of sp³-hybridized carbons (Fsp3) is 0.0769. The van der Waals surface area contributed by atoms with E-state index in [9.17, 15) is 9.90 Å². The first kappa shape index (κ1) is 12.2. The second kappa shape index (κ2) is 4.68. The highest BCUT2D eigenvalue weighted by molar-refractivity contribution is 7.09. The molecule has 3 rings (SSSR count). The Bertz CT molecular complexity index is 749. The second-order valence-electron chi connectivity index (χ2n) is 4.07. The standard InChI is InChI=1S/C13H9ClN2O2S/c14-12-5-8-4-10(13(17)18)16(11(8)6-15-12)7-9-2-1-3-19-9/h1-6H,7H2,(H,17,18). The quantitative estimate of drug-likeness (QED) is 0.752. The Morgan fingerprint density at radius 3 is 3.00 bits per heavy atom. The van der Waals surface area contributed by atoms with Crippen LogP contribution in [-0.2, 0) is 6.54 Å². The van der Waals surface area contributed by atoms with Crippen LogP contribution in [0.25, 0.3) is 10.9 Å². The molecule has 1 N–H and O–H groups in total. The van der Waals surface area contributed by atoms with Crippen molar-refractivity contribution in [1.82, 2.24) is 9.55 Å². The van der Waals surface area contributed by atoms with Crippen LogP contribution in [0.15, 0.2) is 35.8 Å². The number of rotatable bonds is 3. The van der Waals surface area contributed by atoms with Gasteiger partial charge in [-0.05, 0) is 23.6 Å². The Morgan fingerprint density at radius 2 is 2.32 bits per heavy atom. The normalized spacial score (nSPS) is 11.0. The predicted molar refractivity (Wildman–Crippen MR) is 75.1 cm³/mol. The van der Waals surface area contributed by atoms with Gasteiger partial charge in [0, 0.05) is 10.3 Å². The SMILES string of the molecule is O=C(O)c1cc2cc(Cl)ncc2n1Cc1cccs1. The average molecular weight is 293 g/mol. The van der Waals surface area contributed by atoms with E-state index in [0.29, 0.717) is 11.7 Å². The topological polar surface area (TPSA) is 55.1 Å². The van der Waals surface area contributed by atoms with Gasteiger partial charge < -0.3 is 9.67 Å². The molecule has 0 aromatic carbocycles. The monoisotopic (exact) mass is 292 g/mol. The van der Waals surface area contributed by atoms with Crippen molar-refractivity contribution in [2.24, 2.45) is 0 Å². The molecular weight excluding hydrogens is 284 g/mol. The summed E-state index contributed by atoms with van der Waals surface area (Å²) in [5.41, 5.74) is 1.02. The molecule has 0 fully saturated rings. The number of fused-ring (bicyclic) bond motifs is 1. The molecule has 0 aliphatic heterocycles. The number of nitrogens with zero attached hydrogens (tertiary/aromatic N) is 2. The molecule has 0 spiro atoms. The lowest BCUT2D eigenvalue weighted by Crippen LogP contribution is -2.08. The number of thiophene rings is 1. The van der Waals surface area contributed by atoms with E-state index in [0.717, 1.165) is 15.8 Å². The molecular formula is C13H9ClN2O2S. The van der Waals surface area contributed by atoms with Crippen LogP contribution in [0.3, 0.4) is 0 Å². The fourth-order valence-corrected chi connectivity index (χ4v) is 2.90. The van der Waals surface area contributed by atoms with E-state index in [1.807, 2.05) is 17.5 Å². The van der Waals surface area contributed by atoms with E-state index in [1.54, 1.807) is 34.2 Å². The van der Waals surface area contributed by atoms with E-state index in [4.69, 9.17) is 11.6 Å². The molecule has 0 unspecified atom stereocenters. The number of aromatic nitrogens is 2. The summed E-state index contributed by atoms with van der Waals surface area (Å²) in [5, 5.41) is 12.4. The van der Waals surface area contributed by atoms with Crippen molar-refractivity contribution >= 4 is 39.8 Å². The Labute approximate surface area is 117 Å². The highest BCUT2D eigenvalue weighted by Crippen LogP contribution is 2.24. The van der Waals surface area contributed by atoms with Gasteiger partial charge in [-0.2, -0.15) is 0 Å². The van der Waals surface area contributed by atoms with Gasteiger partial charge in [0.05, 0.1) is 18.3 Å². The first-order valence-electron chi connectivity index (χ1n) is 5.55. The zero-order valence-corrected chi connectivity index (χ0v) is 11.3. The van der Waals surface area contributed by atoms with Crippen LogP contribution in [-0.4, -0.2) is 20.6 Å². The van der Waals surface area contributed by atoms with Gasteiger partial charge in [-0.15, -0.1) is 11.3 Å². The highest BCUT2D eigenvalue weighted by atomic mass is 35.5. The van der Waals surface area contributed by atoms with Crippen molar-refractivity contribution in [1.29, 1.82) is 0 Å². The maximum atomic E-state index is 11.3. The number of aromatic carboxylic acids is 1. The van der Waals surface area contributed by atoms with E-state index < -0.39 is 5.97 Å². The Hall–Kier alpha value is -1.85. The summed E-state index contributed by atoms with van der Waals surface area (Å²) in [6.07, 6.45) is 1.61. The number of carboxylic acid groups (broad SMARTS) is 1. The van der Waals surface area contributed by atoms with E-state index >= 15 is 0 Å². The second-order valence-corrected chi connectivity index (χ2v) is 5.49. The van der Waals surface area contributed by atoms with Crippen molar-refractivity contribution in [3.8, 4) is 0 Å². The number of carboxylic acids is 1. The van der Waals surface area contributed by atoms with Gasteiger partial charge in [0.1, 0.15) is 10.8 Å². The molecule has 19 heavy (non-hydrogen) atoms. The predicted octanol–water partition coefficient (Wildman–Crippen LogP) is 3.50. The van der Waals surface area contributed by atoms with Crippen molar-refractivity contribution in [3.05, 3.63) is 51.6 Å². The highest BCUT2D eigenvalue weighted by Gasteiger charge is 2.15. The summed E-state index contributed by atoms with van der Waals surface area (Å²) in [6, 6.07) is 7.22. The van der Waals surface area contributed by atoms with Crippen LogP contribution in [0.4, 0.5) is 0 Å². The van der Waals surface area contributed by atoms with Crippen LogP contribution in [0.1, 0.15) is 15.4 Å². The molecule has 0 atom stereocenters. The maximum absolute atomic E-state index is 11.3. The molecule has 96 valence electrons. The average Bonchev–Trinajstić information content (AvgIpc) is 2.97. The third-order valence-corrected chi connectivity index (χ3v) is 3.94. The first-order valence-corrected chi connectivity index (χ1v) is 6.81. The van der Waals surface area contributed by atoms with Crippen molar-refractivity contribution < 1.29 is 9.90 Å². The van der Waals surface area contributed by atoms with Gasteiger partial charge >= 0.3 is 5.97 Å². The molecule has 0 bridgehead atoms. The molecule has 3 heterocycles. The van der Waals surface area contributed by atoms with Gasteiger partial charge in [0.25, 0.3) is 0 Å². The van der Waals surface area contributed by atoms with Crippen LogP contribution in [0, 0.1) is 0 Å². The minimum absolute atomic E-state index is 0.243. The summed E-state index contributed by atoms with van der Waals surface area (Å²) in [7, 11) is 0. The van der Waals surface area contributed by atoms with Crippen molar-refractivity contribution in [2.75, 3.05) is 0 Å². The number of halogens is 1. The molecule has 3 aromatic heterocycles. The summed E-state index contributed by atoms with van der Waals surface area (Å²) >= 11 is 7.43. The third-order valence-electron chi connectivity index (χ3n) is 2.87. The number of pyridine rings is 1. The van der Waals surface area contributed by atoms with Gasteiger partial charge in [-0.1, -0.05) is 17.7 Å². The fourth-order valence-electron chi connectivity index (χ4n) is 2.04. The third kappa shape index (κ3) is 2.22. The Balaban J connectivity index is 2.19. The Kier molecular flexibility index (Phi) is 3.00. The van der Waals surface area contributed by atoms with Gasteiger partial charge in [0.15, 0.2) is 0 Å². The smallest absolute Gasteiger partial charge is 0.352 e. The number of carbonyl (C=O) groups is 1. The summed E-state index contributed by atoms with van der Waals surface area (Å²) in [5.74, 6) is -0.955. The maximum Gasteiger partial charge on any atom is 0.352 e. The molecule has 6 heteroatoms. The van der Waals surface area contributed by atoms with Gasteiger partial charge in [0.2, 0.25) is 0 Å². The minimum atomic E-state index is -0.955. The molecule has 0 aliphatic rings. The zero-order valence-electron chi connectivity index (χ0n) is 9.71. The first-order chi connectivity index (χ1) is 9.15. The summed E-state index contributed by atoms with van der Waals surface area (Å²) in [6.45, 7) is 0.520. The summed E-state index contributed by atoms with van der Waals surface area (Å²) in [4.78, 5) is 16.5. The van der Waals surface area contributed by atoms with Gasteiger partial charge in [-0.25, -0.2) is 9.78 Å². The van der Waals surface area contributed by atoms with E-state index in [1.165, 1.54) is 0 Å². The van der Waals surface area contributed by atoms with Crippen LogP contribution in [0.5, 0.6) is 0 Å². The minimum Gasteiger partial charge on any atom is -0.477 e. The number of hydrogen-bond donors (Lipinski definition) is 1. The zero-order chi connectivity index (χ0) is 13.4. The lowest BCUT2D eigenvalue weighted by Gasteiger charge is -2.06. The van der Waals surface area contributed by atoms with Crippen molar-refractivity contribution in [3.63, 3.8) is 0 Å². The molecule has 0 radical (unpaired) electrons. The van der Waals surface area contributed by atoms with Crippen molar-refractivity contribution in [2.45, 2.75) is 6.54 Å². The lowest BCUT2D eigenvalue weighted by molar-refractivity contribution is 0.0686. The van der Waals surface area contributed by atoms with E-state index in [2.05, 4.69) is 4.98 Å². The number of hydrogen-bond acceptors (Lipinski definition) is 3. The molecule has 0 amide bonds. The molecule has 0 saturated carbocycles. The van der Waals surface area contributed by atoms with Crippen LogP contribution >= 0.6 is 22.9 Å². The Morgan fingerprint density at radius 1 is 1.47 bits per heavy atom. The lowest BCUT2D eigenvalue weighted by atomic mass is 10.3. The molecule has 3 aromatic rings. The van der Waals surface area contributed by atoms with Crippen LogP contribution < -0.4 is 0 Å². The summed E-state index contributed by atoms with van der Waals surface area (Å²) < 4.78 is 1.74. The molecule has 0 saturated heterocycles. The van der Waals surface area contributed by atoms with Crippen LogP contribution in [0.2, 0.25) is 5.15 Å².